The highest BCUT2D eigenvalue weighted by Crippen LogP contribution is 2.12. The van der Waals surface area contributed by atoms with Crippen LogP contribution < -0.4 is 15.5 Å². The Balaban J connectivity index is 3.02. The van der Waals surface area contributed by atoms with Crippen LogP contribution >= 0.6 is 0 Å². The van der Waals surface area contributed by atoms with Gasteiger partial charge in [-0.25, -0.2) is 0 Å². The maximum Gasteiger partial charge on any atom is 0.244 e. The molecule has 1 heterocycles. The minimum Gasteiger partial charge on any atom is -0.481 e. The van der Waals surface area contributed by atoms with Crippen molar-refractivity contribution in [2.45, 2.75) is 6.92 Å². The summed E-state index contributed by atoms with van der Waals surface area (Å²) in [5, 5.41) is 0. The van der Waals surface area contributed by atoms with E-state index < -0.39 is 0 Å². The lowest BCUT2D eigenvalue weighted by molar-refractivity contribution is 0.313. The number of ether oxygens (including phenoxy) is 1. The average Bonchev–Trinajstić information content (AvgIpc) is 2.03. The number of aromatic nitrogens is 2. The maximum atomic E-state index is 4.90. The second-order valence-electron chi connectivity index (χ2n) is 1.91. The van der Waals surface area contributed by atoms with Crippen LogP contribution in [0.1, 0.15) is 5.82 Å². The molecule has 0 saturated heterocycles. The smallest absolute Gasteiger partial charge is 0.244 e. The van der Waals surface area contributed by atoms with Gasteiger partial charge >= 0.3 is 0 Å². The third kappa shape index (κ3) is 1.78. The van der Waals surface area contributed by atoms with Crippen molar-refractivity contribution in [3.63, 3.8) is 0 Å². The third-order valence-corrected chi connectivity index (χ3v) is 1.12. The monoisotopic (exact) mass is 155 g/mol. The quantitative estimate of drug-likeness (QED) is 0.611. The Morgan fingerprint density at radius 2 is 2.00 bits per heavy atom. The van der Waals surface area contributed by atoms with Crippen molar-refractivity contribution in [1.82, 2.24) is 9.97 Å². The van der Waals surface area contributed by atoms with E-state index >= 15 is 0 Å². The number of hydrogen-bond donors (Lipinski definition) is 1. The zero-order valence-corrected chi connectivity index (χ0v) is 6.37. The van der Waals surface area contributed by atoms with Crippen molar-refractivity contribution >= 4 is 0 Å². The maximum absolute atomic E-state index is 4.90. The highest BCUT2D eigenvalue weighted by atomic mass is 16.6. The van der Waals surface area contributed by atoms with E-state index in [1.807, 2.05) is 0 Å². The van der Waals surface area contributed by atoms with Gasteiger partial charge in [-0.05, 0) is 6.92 Å². The summed E-state index contributed by atoms with van der Waals surface area (Å²) in [5.41, 5.74) is 0. The normalized spacial score (nSPS) is 9.36. The second kappa shape index (κ2) is 3.16. The van der Waals surface area contributed by atoms with Crippen LogP contribution in [-0.4, -0.2) is 17.1 Å². The van der Waals surface area contributed by atoms with E-state index in [0.717, 1.165) is 0 Å². The molecule has 0 aromatic carbocycles. The minimum absolute atomic E-state index is 0.300. The molecule has 0 spiro atoms. The van der Waals surface area contributed by atoms with Crippen LogP contribution in [0.15, 0.2) is 6.07 Å². The molecule has 1 aromatic heterocycles. The molecule has 5 nitrogen and oxygen atoms in total. The lowest BCUT2D eigenvalue weighted by atomic mass is 10.5. The molecular formula is C6H9N3O2. The van der Waals surface area contributed by atoms with Crippen molar-refractivity contribution in [3.05, 3.63) is 11.9 Å². The highest BCUT2D eigenvalue weighted by molar-refractivity contribution is 5.19. The van der Waals surface area contributed by atoms with Gasteiger partial charge < -0.3 is 9.57 Å². The zero-order valence-electron chi connectivity index (χ0n) is 6.37. The van der Waals surface area contributed by atoms with Gasteiger partial charge in [0, 0.05) is 0 Å². The minimum atomic E-state index is 0.300. The Morgan fingerprint density at radius 1 is 1.36 bits per heavy atom. The summed E-state index contributed by atoms with van der Waals surface area (Å²) < 4.78 is 4.85. The standard InChI is InChI=1S/C6H9N3O2/c1-4-8-5(10-2)3-6(9-4)11-7/h3H,7H2,1-2H3. The van der Waals surface area contributed by atoms with E-state index in [-0.39, 0.29) is 0 Å². The molecule has 5 heteroatoms. The fourth-order valence-corrected chi connectivity index (χ4v) is 0.679. The lowest BCUT2D eigenvalue weighted by Gasteiger charge is -2.01. The number of methoxy groups -OCH3 is 1. The van der Waals surface area contributed by atoms with E-state index in [4.69, 9.17) is 10.6 Å². The van der Waals surface area contributed by atoms with Crippen molar-refractivity contribution in [3.8, 4) is 11.8 Å². The van der Waals surface area contributed by atoms with E-state index in [2.05, 4.69) is 14.8 Å². The van der Waals surface area contributed by atoms with Crippen molar-refractivity contribution in [1.29, 1.82) is 0 Å². The van der Waals surface area contributed by atoms with Gasteiger partial charge in [-0.1, -0.05) is 0 Å². The van der Waals surface area contributed by atoms with Gasteiger partial charge in [0.05, 0.1) is 13.2 Å². The second-order valence-corrected chi connectivity index (χ2v) is 1.91. The molecule has 0 aliphatic rings. The zero-order chi connectivity index (χ0) is 8.27. The number of aryl methyl sites for hydroxylation is 1. The lowest BCUT2D eigenvalue weighted by Crippen LogP contribution is -2.05. The Labute approximate surface area is 64.1 Å². The Bertz CT molecular complexity index is 229. The van der Waals surface area contributed by atoms with E-state index in [1.54, 1.807) is 6.92 Å². The predicted molar refractivity (Wildman–Crippen MR) is 38.1 cm³/mol. The first-order valence-corrected chi connectivity index (χ1v) is 3.02. The number of nitrogens with two attached hydrogens (primary N) is 1. The number of nitrogens with zero attached hydrogens (tertiary/aromatic N) is 2. The molecular weight excluding hydrogens is 146 g/mol. The molecule has 0 radical (unpaired) electrons. The van der Waals surface area contributed by atoms with Gasteiger partial charge in [-0.15, -0.1) is 0 Å². The first-order chi connectivity index (χ1) is 5.26. The van der Waals surface area contributed by atoms with Crippen LogP contribution in [0.3, 0.4) is 0 Å². The van der Waals surface area contributed by atoms with Gasteiger partial charge in [-0.2, -0.15) is 15.9 Å². The first-order valence-electron chi connectivity index (χ1n) is 3.02. The summed E-state index contributed by atoms with van der Waals surface area (Å²) >= 11 is 0. The van der Waals surface area contributed by atoms with Crippen LogP contribution in [0, 0.1) is 6.92 Å². The molecule has 0 saturated carbocycles. The highest BCUT2D eigenvalue weighted by Gasteiger charge is 2.00. The molecule has 0 fully saturated rings. The SMILES string of the molecule is COc1cc(ON)nc(C)n1. The van der Waals surface area contributed by atoms with Gasteiger partial charge in [0.1, 0.15) is 5.82 Å². The Morgan fingerprint density at radius 3 is 2.55 bits per heavy atom. The van der Waals surface area contributed by atoms with E-state index in [0.29, 0.717) is 17.6 Å². The van der Waals surface area contributed by atoms with E-state index in [1.165, 1.54) is 13.2 Å². The van der Waals surface area contributed by atoms with Gasteiger partial charge in [0.2, 0.25) is 11.8 Å². The molecule has 11 heavy (non-hydrogen) atoms. The fraction of sp³-hybridized carbons (Fsp3) is 0.333. The summed E-state index contributed by atoms with van der Waals surface area (Å²) in [4.78, 5) is 12.2. The number of hydrogen-bond acceptors (Lipinski definition) is 5. The van der Waals surface area contributed by atoms with Crippen LogP contribution in [0.2, 0.25) is 0 Å². The molecule has 0 aliphatic carbocycles. The summed E-state index contributed by atoms with van der Waals surface area (Å²) in [7, 11) is 1.52. The molecule has 0 unspecified atom stereocenters. The topological polar surface area (TPSA) is 70.3 Å². The molecule has 0 bridgehead atoms. The Kier molecular flexibility index (Phi) is 2.22. The van der Waals surface area contributed by atoms with E-state index in [9.17, 15) is 0 Å². The average molecular weight is 155 g/mol. The van der Waals surface area contributed by atoms with Crippen molar-refractivity contribution in [2.24, 2.45) is 5.90 Å². The number of rotatable bonds is 2. The third-order valence-electron chi connectivity index (χ3n) is 1.12. The molecule has 1 aromatic rings. The van der Waals surface area contributed by atoms with Gasteiger partial charge in [0.25, 0.3) is 0 Å². The summed E-state index contributed by atoms with van der Waals surface area (Å²) in [6, 6.07) is 1.51. The fourth-order valence-electron chi connectivity index (χ4n) is 0.679. The Hall–Kier alpha value is -1.36. The van der Waals surface area contributed by atoms with Crippen LogP contribution in [0.5, 0.6) is 11.8 Å². The largest absolute Gasteiger partial charge is 0.481 e. The molecule has 60 valence electrons. The molecule has 0 aliphatic heterocycles. The summed E-state index contributed by atoms with van der Waals surface area (Å²) in [6.07, 6.45) is 0. The molecule has 1 rings (SSSR count). The van der Waals surface area contributed by atoms with Crippen LogP contribution in [0.25, 0.3) is 0 Å². The first kappa shape index (κ1) is 7.74. The van der Waals surface area contributed by atoms with Crippen molar-refractivity contribution < 1.29 is 9.57 Å². The summed E-state index contributed by atoms with van der Waals surface area (Å²) in [6.45, 7) is 1.73. The van der Waals surface area contributed by atoms with Crippen molar-refractivity contribution in [2.75, 3.05) is 7.11 Å². The van der Waals surface area contributed by atoms with Gasteiger partial charge in [0.15, 0.2) is 0 Å². The molecule has 0 atom stereocenters. The predicted octanol–water partition coefficient (Wildman–Crippen LogP) is 0.0461. The molecule has 0 amide bonds. The van der Waals surface area contributed by atoms with Gasteiger partial charge in [-0.3, -0.25) is 0 Å². The van der Waals surface area contributed by atoms with Crippen LogP contribution in [-0.2, 0) is 0 Å². The summed E-state index contributed by atoms with van der Waals surface area (Å²) in [5.74, 6) is 6.20. The molecule has 2 N–H and O–H groups in total. The van der Waals surface area contributed by atoms with Crippen LogP contribution in [0.4, 0.5) is 0 Å².